The van der Waals surface area contributed by atoms with E-state index in [4.69, 9.17) is 4.52 Å². The minimum absolute atomic E-state index is 0.0391. The van der Waals surface area contributed by atoms with Crippen LogP contribution in [0.5, 0.6) is 0 Å². The summed E-state index contributed by atoms with van der Waals surface area (Å²) in [6, 6.07) is 6.07. The molecule has 9 heteroatoms. The maximum Gasteiger partial charge on any atom is 0.307 e. The van der Waals surface area contributed by atoms with Crippen molar-refractivity contribution >= 4 is 5.69 Å². The van der Waals surface area contributed by atoms with E-state index in [2.05, 4.69) is 15.2 Å². The fourth-order valence-corrected chi connectivity index (χ4v) is 6.91. The molecule has 8 nitrogen and oxygen atoms in total. The highest BCUT2D eigenvalue weighted by Gasteiger charge is 2.59. The van der Waals surface area contributed by atoms with Gasteiger partial charge in [-0.1, -0.05) is 5.16 Å². The summed E-state index contributed by atoms with van der Waals surface area (Å²) < 4.78 is 20.7. The van der Waals surface area contributed by atoms with Gasteiger partial charge in [-0.05, 0) is 80.0 Å². The lowest BCUT2D eigenvalue weighted by Gasteiger charge is -2.61. The molecular weight excluding hydrogens is 401 g/mol. The first kappa shape index (κ1) is 18.7. The molecule has 2 heterocycles. The Balaban J connectivity index is 1.29. The van der Waals surface area contributed by atoms with Crippen LogP contribution in [0.4, 0.5) is 10.1 Å². The molecule has 0 amide bonds. The molecule has 31 heavy (non-hydrogen) atoms. The van der Waals surface area contributed by atoms with Crippen molar-refractivity contribution in [2.24, 2.45) is 17.3 Å². The van der Waals surface area contributed by atoms with E-state index in [1.54, 1.807) is 18.3 Å². The summed E-state index contributed by atoms with van der Waals surface area (Å²) in [5, 5.41) is 19.7. The van der Waals surface area contributed by atoms with Crippen molar-refractivity contribution in [1.82, 2.24) is 19.9 Å². The number of halogens is 1. The van der Waals surface area contributed by atoms with E-state index in [0.29, 0.717) is 30.0 Å². The van der Waals surface area contributed by atoms with Crippen LogP contribution in [0.15, 0.2) is 41.2 Å². The van der Waals surface area contributed by atoms with Crippen LogP contribution in [0, 0.1) is 33.2 Å². The molecule has 3 aromatic rings. The van der Waals surface area contributed by atoms with Gasteiger partial charge in [-0.2, -0.15) is 10.1 Å². The van der Waals surface area contributed by atoms with Crippen molar-refractivity contribution in [3.8, 4) is 11.4 Å². The summed E-state index contributed by atoms with van der Waals surface area (Å²) >= 11 is 0. The molecule has 1 aromatic carbocycles. The minimum atomic E-state index is -0.380. The Bertz CT molecular complexity index is 1140. The molecule has 0 spiro atoms. The Hall–Kier alpha value is -3.10. The molecule has 160 valence electrons. The van der Waals surface area contributed by atoms with Crippen LogP contribution in [0.2, 0.25) is 0 Å². The summed E-state index contributed by atoms with van der Waals surface area (Å²) in [5.41, 5.74) is 0.642. The normalized spacial score (nSPS) is 31.3. The Morgan fingerprint density at radius 1 is 1.19 bits per heavy atom. The first-order valence-electron chi connectivity index (χ1n) is 10.7. The number of nitro groups is 1. The molecule has 0 radical (unpaired) electrons. The second-order valence-corrected chi connectivity index (χ2v) is 9.78. The van der Waals surface area contributed by atoms with Gasteiger partial charge in [-0.3, -0.25) is 14.8 Å². The largest absolute Gasteiger partial charge is 0.339 e. The molecule has 4 aliphatic rings. The zero-order valence-corrected chi connectivity index (χ0v) is 16.9. The van der Waals surface area contributed by atoms with Crippen molar-refractivity contribution in [2.75, 3.05) is 0 Å². The molecule has 0 N–H and O–H groups in total. The zero-order chi connectivity index (χ0) is 21.2. The first-order valence-corrected chi connectivity index (χ1v) is 10.7. The summed E-state index contributed by atoms with van der Waals surface area (Å²) in [5.74, 6) is 1.94. The van der Waals surface area contributed by atoms with Crippen LogP contribution in [-0.2, 0) is 12.0 Å². The molecule has 2 aromatic heterocycles. The molecule has 4 fully saturated rings. The monoisotopic (exact) mass is 423 g/mol. The Morgan fingerprint density at radius 3 is 2.61 bits per heavy atom. The van der Waals surface area contributed by atoms with Crippen LogP contribution in [0.1, 0.15) is 44.4 Å². The van der Waals surface area contributed by atoms with Crippen LogP contribution >= 0.6 is 0 Å². The molecule has 0 saturated heterocycles. The molecule has 2 unspecified atom stereocenters. The van der Waals surface area contributed by atoms with Gasteiger partial charge in [0.25, 0.3) is 0 Å². The highest BCUT2D eigenvalue weighted by Crippen LogP contribution is 2.65. The average Bonchev–Trinajstić information content (AvgIpc) is 3.37. The Kier molecular flexibility index (Phi) is 3.88. The van der Waals surface area contributed by atoms with Crippen LogP contribution in [-0.4, -0.2) is 24.8 Å². The van der Waals surface area contributed by atoms with E-state index in [-0.39, 0.29) is 27.4 Å². The fourth-order valence-electron chi connectivity index (χ4n) is 6.91. The van der Waals surface area contributed by atoms with E-state index in [1.807, 2.05) is 4.68 Å². The van der Waals surface area contributed by atoms with Gasteiger partial charge in [0.2, 0.25) is 11.7 Å². The van der Waals surface area contributed by atoms with E-state index in [9.17, 15) is 14.5 Å². The first-order chi connectivity index (χ1) is 14.9. The number of nitrogens with zero attached hydrogens (tertiary/aromatic N) is 5. The second kappa shape index (κ2) is 6.45. The van der Waals surface area contributed by atoms with Gasteiger partial charge < -0.3 is 4.52 Å². The lowest BCUT2D eigenvalue weighted by molar-refractivity contribution is -0.385. The zero-order valence-electron chi connectivity index (χ0n) is 16.9. The van der Waals surface area contributed by atoms with Crippen LogP contribution < -0.4 is 0 Å². The number of aromatic nitrogens is 4. The molecule has 7 rings (SSSR count). The maximum absolute atomic E-state index is 13.2. The number of hydrogen-bond donors (Lipinski definition) is 0. The predicted octanol–water partition coefficient (Wildman–Crippen LogP) is 4.52. The van der Waals surface area contributed by atoms with Crippen molar-refractivity contribution in [2.45, 2.75) is 50.5 Å². The Morgan fingerprint density at radius 2 is 1.94 bits per heavy atom. The molecule has 4 aliphatic carbocycles. The van der Waals surface area contributed by atoms with E-state index in [1.165, 1.54) is 24.8 Å². The quantitative estimate of drug-likeness (QED) is 0.442. The smallest absolute Gasteiger partial charge is 0.307 e. The highest BCUT2D eigenvalue weighted by atomic mass is 19.1. The topological polar surface area (TPSA) is 99.9 Å². The van der Waals surface area contributed by atoms with Gasteiger partial charge in [0.1, 0.15) is 18.2 Å². The fraction of sp³-hybridized carbons (Fsp3) is 0.500. The standard InChI is InChI=1S/C22H22FN5O3/c23-17-3-1-16(2-4-17)20-25-19(31-26-20)10-21-6-14-5-15(7-21)9-22(8-14,13-21)27-12-18(11-24-27)28(29)30/h1-4,11-12,14-15H,5-10,13H2. The van der Waals surface area contributed by atoms with Gasteiger partial charge in [0.05, 0.1) is 10.5 Å². The third-order valence-corrected chi connectivity index (χ3v) is 7.51. The summed E-state index contributed by atoms with van der Waals surface area (Å²) in [6.45, 7) is 0. The lowest BCUT2D eigenvalue weighted by atomic mass is 9.46. The van der Waals surface area contributed by atoms with Gasteiger partial charge in [-0.15, -0.1) is 0 Å². The SMILES string of the molecule is O=[N+]([O-])c1cnn(C23CC4CC(CC(Cc5nc(-c6ccc(F)cc6)no5)(C4)C2)C3)c1. The van der Waals surface area contributed by atoms with Crippen LogP contribution in [0.25, 0.3) is 11.4 Å². The van der Waals surface area contributed by atoms with Crippen molar-refractivity contribution in [3.63, 3.8) is 0 Å². The van der Waals surface area contributed by atoms with Gasteiger partial charge in [-0.25, -0.2) is 4.39 Å². The second-order valence-electron chi connectivity index (χ2n) is 9.78. The summed E-state index contributed by atoms with van der Waals surface area (Å²) in [4.78, 5) is 15.4. The molecule has 0 aliphatic heterocycles. The van der Waals surface area contributed by atoms with Crippen molar-refractivity contribution in [1.29, 1.82) is 0 Å². The highest BCUT2D eigenvalue weighted by molar-refractivity contribution is 5.53. The summed E-state index contributed by atoms with van der Waals surface area (Å²) in [6.07, 6.45) is 10.1. The minimum Gasteiger partial charge on any atom is -0.339 e. The van der Waals surface area contributed by atoms with E-state index in [0.717, 1.165) is 37.7 Å². The number of hydrogen-bond acceptors (Lipinski definition) is 6. The van der Waals surface area contributed by atoms with Crippen molar-refractivity contribution < 1.29 is 13.8 Å². The number of rotatable bonds is 5. The van der Waals surface area contributed by atoms with E-state index >= 15 is 0 Å². The molecule has 4 saturated carbocycles. The molecule has 4 bridgehead atoms. The molecule has 2 atom stereocenters. The molecular formula is C22H22FN5O3. The third kappa shape index (κ3) is 3.05. The maximum atomic E-state index is 13.2. The van der Waals surface area contributed by atoms with Gasteiger partial charge in [0, 0.05) is 12.0 Å². The summed E-state index contributed by atoms with van der Waals surface area (Å²) in [7, 11) is 0. The average molecular weight is 423 g/mol. The van der Waals surface area contributed by atoms with Crippen molar-refractivity contribution in [3.05, 3.63) is 58.5 Å². The van der Waals surface area contributed by atoms with Gasteiger partial charge in [0.15, 0.2) is 0 Å². The van der Waals surface area contributed by atoms with E-state index < -0.39 is 0 Å². The Labute approximate surface area is 177 Å². The van der Waals surface area contributed by atoms with Crippen LogP contribution in [0.3, 0.4) is 0 Å². The number of benzene rings is 1. The predicted molar refractivity (Wildman–Crippen MR) is 107 cm³/mol. The lowest BCUT2D eigenvalue weighted by Crippen LogP contribution is -2.57. The van der Waals surface area contributed by atoms with Gasteiger partial charge >= 0.3 is 5.69 Å². The third-order valence-electron chi connectivity index (χ3n) is 7.51.